The van der Waals surface area contributed by atoms with Crippen LogP contribution in [0.5, 0.6) is 0 Å². The highest BCUT2D eigenvalue weighted by Gasteiger charge is 2.54. The first-order chi connectivity index (χ1) is 13.0. The number of nitrogens with one attached hydrogen (secondary N) is 2. The van der Waals surface area contributed by atoms with Crippen LogP contribution in [0.25, 0.3) is 10.1 Å². The van der Waals surface area contributed by atoms with Gasteiger partial charge in [-0.15, -0.1) is 11.3 Å². The van der Waals surface area contributed by atoms with Gasteiger partial charge in [-0.05, 0) is 30.9 Å². The number of carbonyl (C=O) groups excluding carboxylic acids is 1. The van der Waals surface area contributed by atoms with Crippen molar-refractivity contribution >= 4 is 38.3 Å². The van der Waals surface area contributed by atoms with Gasteiger partial charge in [0.15, 0.2) is 0 Å². The molecule has 8 nitrogen and oxygen atoms in total. The molecule has 0 radical (unpaired) electrons. The van der Waals surface area contributed by atoms with Crippen molar-refractivity contribution in [2.45, 2.75) is 38.1 Å². The molecule has 3 aromatic rings. The van der Waals surface area contributed by atoms with Crippen molar-refractivity contribution in [3.8, 4) is 0 Å². The molecule has 3 aromatic heterocycles. The average Bonchev–Trinajstić information content (AvgIpc) is 3.35. The average molecular weight is 384 g/mol. The molecule has 1 aliphatic carbocycles. The Labute approximate surface area is 159 Å². The van der Waals surface area contributed by atoms with Crippen LogP contribution < -0.4 is 16.2 Å². The van der Waals surface area contributed by atoms with Crippen LogP contribution in [0.1, 0.15) is 38.3 Å². The lowest BCUT2D eigenvalue weighted by Crippen LogP contribution is -2.42. The topological polar surface area (TPSA) is 102 Å². The van der Waals surface area contributed by atoms with Crippen molar-refractivity contribution in [1.82, 2.24) is 19.7 Å². The van der Waals surface area contributed by atoms with Crippen LogP contribution in [0, 0.1) is 0 Å². The van der Waals surface area contributed by atoms with Crippen molar-refractivity contribution in [3.63, 3.8) is 0 Å². The minimum absolute atomic E-state index is 0.120. The molecular weight excluding hydrogens is 364 g/mol. The summed E-state index contributed by atoms with van der Waals surface area (Å²) in [6, 6.07) is 3.62. The Morgan fingerprint density at radius 3 is 2.59 bits per heavy atom. The Balaban J connectivity index is 1.82. The van der Waals surface area contributed by atoms with E-state index in [1.165, 1.54) is 16.0 Å². The zero-order chi connectivity index (χ0) is 19.2. The minimum atomic E-state index is -0.974. The fourth-order valence-corrected chi connectivity index (χ4v) is 4.06. The number of rotatable bonds is 5. The zero-order valence-electron chi connectivity index (χ0n) is 15.3. The Bertz CT molecular complexity index is 1070. The predicted octanol–water partition coefficient (Wildman–Crippen LogP) is 2.54. The summed E-state index contributed by atoms with van der Waals surface area (Å²) in [5.74, 6) is 0.0401. The van der Waals surface area contributed by atoms with Gasteiger partial charge in [-0.1, -0.05) is 13.8 Å². The van der Waals surface area contributed by atoms with E-state index in [9.17, 15) is 9.59 Å². The maximum absolute atomic E-state index is 13.1. The number of fused-ring (bicyclic) bond motifs is 1. The van der Waals surface area contributed by atoms with Gasteiger partial charge < -0.3 is 5.32 Å². The molecule has 4 rings (SSSR count). The number of amides is 1. The Morgan fingerprint density at radius 1 is 1.30 bits per heavy atom. The van der Waals surface area contributed by atoms with Gasteiger partial charge in [0.05, 0.1) is 10.7 Å². The molecular formula is C18H20N6O2S. The first kappa shape index (κ1) is 17.6. The van der Waals surface area contributed by atoms with Gasteiger partial charge in [0.1, 0.15) is 10.2 Å². The Morgan fingerprint density at radius 2 is 2.00 bits per heavy atom. The molecule has 0 saturated heterocycles. The van der Waals surface area contributed by atoms with E-state index in [4.69, 9.17) is 0 Å². The highest BCUT2D eigenvalue weighted by molar-refractivity contribution is 7.22. The van der Waals surface area contributed by atoms with E-state index in [1.807, 2.05) is 27.0 Å². The van der Waals surface area contributed by atoms with Crippen LogP contribution in [0.15, 0.2) is 29.3 Å². The summed E-state index contributed by atoms with van der Waals surface area (Å²) in [5, 5.41) is 12.2. The van der Waals surface area contributed by atoms with E-state index >= 15 is 0 Å². The quantitative estimate of drug-likeness (QED) is 0.701. The molecule has 0 bridgehead atoms. The van der Waals surface area contributed by atoms with Crippen molar-refractivity contribution < 1.29 is 4.79 Å². The zero-order valence-corrected chi connectivity index (χ0v) is 16.1. The fourth-order valence-electron chi connectivity index (χ4n) is 3.12. The summed E-state index contributed by atoms with van der Waals surface area (Å²) >= 11 is 1.39. The standard InChI is InChI=1S/C18H20N6O2S/c1-10(2)13-11-9-12(19-3)27-14(11)15(25)24(23-13)18(5-6-18)16(26)22-17-20-7-4-8-21-17/h4,7-10,19H,5-6H2,1-3H3,(H,20,21,22,26). The smallest absolute Gasteiger partial charge is 0.285 e. The summed E-state index contributed by atoms with van der Waals surface area (Å²) in [6.45, 7) is 4.06. The SMILES string of the molecule is CNc1cc2c(C(C)C)nn(C3(C(=O)Nc4ncccn4)CC3)c(=O)c2s1. The second-order valence-corrected chi connectivity index (χ2v) is 7.97. The second kappa shape index (κ2) is 6.41. The number of anilines is 2. The van der Waals surface area contributed by atoms with E-state index in [0.29, 0.717) is 17.5 Å². The van der Waals surface area contributed by atoms with Gasteiger partial charge in [0.25, 0.3) is 11.5 Å². The van der Waals surface area contributed by atoms with Gasteiger partial charge in [0.2, 0.25) is 5.95 Å². The highest BCUT2D eigenvalue weighted by atomic mass is 32.1. The Hall–Kier alpha value is -2.81. The van der Waals surface area contributed by atoms with Crippen LogP contribution >= 0.6 is 11.3 Å². The van der Waals surface area contributed by atoms with Gasteiger partial charge in [-0.2, -0.15) is 5.10 Å². The second-order valence-electron chi connectivity index (χ2n) is 6.92. The largest absolute Gasteiger partial charge is 0.380 e. The van der Waals surface area contributed by atoms with Gasteiger partial charge in [0, 0.05) is 24.8 Å². The first-order valence-electron chi connectivity index (χ1n) is 8.80. The summed E-state index contributed by atoms with van der Waals surface area (Å²) in [7, 11) is 1.82. The molecule has 2 N–H and O–H groups in total. The third-order valence-electron chi connectivity index (χ3n) is 4.74. The molecule has 0 atom stereocenters. The summed E-state index contributed by atoms with van der Waals surface area (Å²) < 4.78 is 1.99. The van der Waals surface area contributed by atoms with Crippen LogP contribution in [-0.4, -0.2) is 32.7 Å². The van der Waals surface area contributed by atoms with E-state index in [2.05, 4.69) is 25.7 Å². The number of carbonyl (C=O) groups is 1. The van der Waals surface area contributed by atoms with Gasteiger partial charge in [-0.25, -0.2) is 14.6 Å². The summed E-state index contributed by atoms with van der Waals surface area (Å²) in [6.07, 6.45) is 4.23. The number of hydrogen-bond acceptors (Lipinski definition) is 7. The molecule has 140 valence electrons. The van der Waals surface area contributed by atoms with Crippen molar-refractivity contribution in [1.29, 1.82) is 0 Å². The number of thiophene rings is 1. The van der Waals surface area contributed by atoms with Crippen LogP contribution in [-0.2, 0) is 10.3 Å². The Kier molecular flexibility index (Phi) is 4.18. The van der Waals surface area contributed by atoms with Crippen molar-refractivity contribution in [2.75, 3.05) is 17.7 Å². The van der Waals surface area contributed by atoms with E-state index in [0.717, 1.165) is 16.1 Å². The molecule has 1 saturated carbocycles. The van der Waals surface area contributed by atoms with Crippen LogP contribution in [0.4, 0.5) is 10.9 Å². The molecule has 9 heteroatoms. The summed E-state index contributed by atoms with van der Waals surface area (Å²) in [4.78, 5) is 34.1. The summed E-state index contributed by atoms with van der Waals surface area (Å²) in [5.41, 5.74) is -0.391. The maximum Gasteiger partial charge on any atom is 0.285 e. The first-order valence-corrected chi connectivity index (χ1v) is 9.61. The van der Waals surface area contributed by atoms with Crippen LogP contribution in [0.2, 0.25) is 0 Å². The van der Waals surface area contributed by atoms with Gasteiger partial charge >= 0.3 is 0 Å². The molecule has 0 aromatic carbocycles. The monoisotopic (exact) mass is 384 g/mol. The highest BCUT2D eigenvalue weighted by Crippen LogP contribution is 2.44. The predicted molar refractivity (Wildman–Crippen MR) is 105 cm³/mol. The molecule has 1 fully saturated rings. The molecule has 1 amide bonds. The van der Waals surface area contributed by atoms with E-state index < -0.39 is 5.54 Å². The number of aromatic nitrogens is 4. The molecule has 1 aliphatic rings. The van der Waals surface area contributed by atoms with Crippen molar-refractivity contribution in [3.05, 3.63) is 40.6 Å². The van der Waals surface area contributed by atoms with E-state index in [1.54, 1.807) is 18.5 Å². The molecule has 3 heterocycles. The lowest BCUT2D eigenvalue weighted by molar-refractivity contribution is -0.121. The normalized spacial score (nSPS) is 15.1. The molecule has 0 unspecified atom stereocenters. The molecule has 0 spiro atoms. The third-order valence-corrected chi connectivity index (χ3v) is 5.88. The maximum atomic E-state index is 13.1. The fraction of sp³-hybridized carbons (Fsp3) is 0.389. The van der Waals surface area contributed by atoms with Gasteiger partial charge in [-0.3, -0.25) is 14.9 Å². The van der Waals surface area contributed by atoms with E-state index in [-0.39, 0.29) is 23.3 Å². The lowest BCUT2D eigenvalue weighted by Gasteiger charge is -2.19. The third kappa shape index (κ3) is 2.87. The van der Waals surface area contributed by atoms with Crippen molar-refractivity contribution in [2.24, 2.45) is 0 Å². The number of hydrogen-bond donors (Lipinski definition) is 2. The molecule has 27 heavy (non-hydrogen) atoms. The minimum Gasteiger partial charge on any atom is -0.380 e. The lowest BCUT2D eigenvalue weighted by atomic mass is 10.1. The number of nitrogens with zero attached hydrogens (tertiary/aromatic N) is 4. The van der Waals surface area contributed by atoms with Crippen LogP contribution in [0.3, 0.4) is 0 Å². The molecule has 0 aliphatic heterocycles.